The predicted octanol–water partition coefficient (Wildman–Crippen LogP) is 2.25. The summed E-state index contributed by atoms with van der Waals surface area (Å²) in [5.41, 5.74) is 3.05. The molecule has 1 saturated heterocycles. The molecule has 0 amide bonds. The molecule has 0 bridgehead atoms. The van der Waals surface area contributed by atoms with Crippen LogP contribution in [-0.2, 0) is 20.8 Å². The molecule has 0 aliphatic carbocycles. The minimum absolute atomic E-state index is 0.196. The minimum Gasteiger partial charge on any atom is -0.496 e. The predicted molar refractivity (Wildman–Crippen MR) is 91.1 cm³/mol. The van der Waals surface area contributed by atoms with E-state index in [1.54, 1.807) is 7.11 Å². The van der Waals surface area contributed by atoms with Crippen LogP contribution in [0.5, 0.6) is 5.75 Å². The fraction of sp³-hybridized carbons (Fsp3) is 0.667. The van der Waals surface area contributed by atoms with Crippen molar-refractivity contribution in [3.05, 3.63) is 23.0 Å². The van der Waals surface area contributed by atoms with E-state index in [1.807, 2.05) is 20.0 Å². The summed E-state index contributed by atoms with van der Waals surface area (Å²) >= 11 is 0. The number of pyridine rings is 1. The van der Waals surface area contributed by atoms with Crippen LogP contribution in [-0.4, -0.2) is 55.9 Å². The molecule has 1 atom stereocenters. The van der Waals surface area contributed by atoms with E-state index < -0.39 is 0 Å². The van der Waals surface area contributed by atoms with Gasteiger partial charge in [0.2, 0.25) is 0 Å². The van der Waals surface area contributed by atoms with Gasteiger partial charge in [-0.2, -0.15) is 0 Å². The third-order valence-corrected chi connectivity index (χ3v) is 4.47. The van der Waals surface area contributed by atoms with Crippen LogP contribution in [0.4, 0.5) is 0 Å². The number of hydrogen-bond acceptors (Lipinski definition) is 6. The van der Waals surface area contributed by atoms with Crippen molar-refractivity contribution in [2.75, 3.05) is 33.9 Å². The standard InChI is InChI=1S/C18H28N2O4/c1-13-10-19-16(14(2)18(13)23-4)12-20(8-7-17(21)22-3)11-15-6-5-9-24-15/h10,15H,5-9,11-12H2,1-4H3. The van der Waals surface area contributed by atoms with Crippen LogP contribution in [0.3, 0.4) is 0 Å². The second-order valence-corrected chi connectivity index (χ2v) is 6.24. The Balaban J connectivity index is 2.09. The van der Waals surface area contributed by atoms with Crippen LogP contribution in [0.1, 0.15) is 36.1 Å². The van der Waals surface area contributed by atoms with E-state index in [0.717, 1.165) is 48.6 Å². The van der Waals surface area contributed by atoms with Gasteiger partial charge in [0.05, 0.1) is 32.4 Å². The number of hydrogen-bond donors (Lipinski definition) is 0. The molecular formula is C18H28N2O4. The zero-order chi connectivity index (χ0) is 17.5. The van der Waals surface area contributed by atoms with Crippen LogP contribution in [0.25, 0.3) is 0 Å². The Bertz CT molecular complexity index is 556. The van der Waals surface area contributed by atoms with Crippen molar-refractivity contribution in [1.82, 2.24) is 9.88 Å². The molecule has 134 valence electrons. The summed E-state index contributed by atoms with van der Waals surface area (Å²) in [7, 11) is 3.10. The van der Waals surface area contributed by atoms with Crippen LogP contribution >= 0.6 is 0 Å². The lowest BCUT2D eigenvalue weighted by molar-refractivity contribution is -0.141. The molecule has 1 aliphatic rings. The summed E-state index contributed by atoms with van der Waals surface area (Å²) in [6, 6.07) is 0. The summed E-state index contributed by atoms with van der Waals surface area (Å²) in [6.45, 7) is 6.94. The topological polar surface area (TPSA) is 60.9 Å². The summed E-state index contributed by atoms with van der Waals surface area (Å²) in [5, 5.41) is 0. The lowest BCUT2D eigenvalue weighted by atomic mass is 10.1. The van der Waals surface area contributed by atoms with Crippen molar-refractivity contribution in [2.24, 2.45) is 0 Å². The second kappa shape index (κ2) is 8.99. The first-order valence-corrected chi connectivity index (χ1v) is 8.45. The molecule has 0 radical (unpaired) electrons. The molecule has 0 spiro atoms. The Morgan fingerprint density at radius 3 is 2.83 bits per heavy atom. The van der Waals surface area contributed by atoms with Gasteiger partial charge in [0.15, 0.2) is 0 Å². The van der Waals surface area contributed by atoms with E-state index in [1.165, 1.54) is 7.11 Å². The van der Waals surface area contributed by atoms with E-state index in [4.69, 9.17) is 14.2 Å². The largest absolute Gasteiger partial charge is 0.496 e. The van der Waals surface area contributed by atoms with Gasteiger partial charge in [0, 0.05) is 43.6 Å². The fourth-order valence-electron chi connectivity index (χ4n) is 3.10. The van der Waals surface area contributed by atoms with E-state index >= 15 is 0 Å². The maximum atomic E-state index is 11.5. The van der Waals surface area contributed by atoms with Gasteiger partial charge < -0.3 is 14.2 Å². The summed E-state index contributed by atoms with van der Waals surface area (Å²) in [4.78, 5) is 18.3. The van der Waals surface area contributed by atoms with E-state index in [-0.39, 0.29) is 12.1 Å². The van der Waals surface area contributed by atoms with Gasteiger partial charge in [0.25, 0.3) is 0 Å². The smallest absolute Gasteiger partial charge is 0.306 e. The summed E-state index contributed by atoms with van der Waals surface area (Å²) in [6.07, 6.45) is 4.61. The Morgan fingerprint density at radius 1 is 1.42 bits per heavy atom. The SMILES string of the molecule is COC(=O)CCN(Cc1ncc(C)c(OC)c1C)CC1CCCO1. The first-order valence-electron chi connectivity index (χ1n) is 8.45. The highest BCUT2D eigenvalue weighted by Crippen LogP contribution is 2.25. The van der Waals surface area contributed by atoms with Crippen molar-refractivity contribution in [3.8, 4) is 5.75 Å². The molecule has 24 heavy (non-hydrogen) atoms. The summed E-state index contributed by atoms with van der Waals surface area (Å²) in [5.74, 6) is 0.684. The van der Waals surface area contributed by atoms with Crippen molar-refractivity contribution in [3.63, 3.8) is 0 Å². The van der Waals surface area contributed by atoms with E-state index in [9.17, 15) is 4.79 Å². The molecule has 0 saturated carbocycles. The maximum Gasteiger partial charge on any atom is 0.306 e. The van der Waals surface area contributed by atoms with Crippen molar-refractivity contribution >= 4 is 5.97 Å². The maximum absolute atomic E-state index is 11.5. The number of ether oxygens (including phenoxy) is 3. The lowest BCUT2D eigenvalue weighted by Gasteiger charge is -2.25. The zero-order valence-electron chi connectivity index (χ0n) is 15.1. The molecule has 2 heterocycles. The third-order valence-electron chi connectivity index (χ3n) is 4.47. The van der Waals surface area contributed by atoms with Crippen molar-refractivity contribution in [2.45, 2.75) is 45.8 Å². The normalized spacial score (nSPS) is 17.3. The molecule has 1 aromatic rings. The highest BCUT2D eigenvalue weighted by Gasteiger charge is 2.21. The Labute approximate surface area is 144 Å². The first kappa shape index (κ1) is 18.7. The molecule has 1 aliphatic heterocycles. The van der Waals surface area contributed by atoms with Crippen molar-refractivity contribution < 1.29 is 19.0 Å². The Kier molecular flexibility index (Phi) is 6.99. The summed E-state index contributed by atoms with van der Waals surface area (Å²) < 4.78 is 16.0. The average molecular weight is 336 g/mol. The first-order chi connectivity index (χ1) is 11.5. The number of methoxy groups -OCH3 is 2. The lowest BCUT2D eigenvalue weighted by Crippen LogP contribution is -2.34. The molecule has 0 N–H and O–H groups in total. The Morgan fingerprint density at radius 2 is 2.21 bits per heavy atom. The molecule has 6 heteroatoms. The van der Waals surface area contributed by atoms with Crippen molar-refractivity contribution in [1.29, 1.82) is 0 Å². The second-order valence-electron chi connectivity index (χ2n) is 6.24. The number of carbonyl (C=O) groups is 1. The van der Waals surface area contributed by atoms with Gasteiger partial charge >= 0.3 is 5.97 Å². The average Bonchev–Trinajstić information content (AvgIpc) is 3.08. The molecule has 6 nitrogen and oxygen atoms in total. The molecule has 1 aromatic heterocycles. The fourth-order valence-corrected chi connectivity index (χ4v) is 3.10. The molecular weight excluding hydrogens is 308 g/mol. The molecule has 1 fully saturated rings. The number of carbonyl (C=O) groups excluding carboxylic acids is 1. The van der Waals surface area contributed by atoms with E-state index in [0.29, 0.717) is 19.5 Å². The van der Waals surface area contributed by atoms with E-state index in [2.05, 4.69) is 9.88 Å². The highest BCUT2D eigenvalue weighted by molar-refractivity contribution is 5.69. The van der Waals surface area contributed by atoms with Gasteiger partial charge in [-0.15, -0.1) is 0 Å². The highest BCUT2D eigenvalue weighted by atomic mass is 16.5. The third kappa shape index (κ3) is 4.92. The van der Waals surface area contributed by atoms with Gasteiger partial charge in [-0.25, -0.2) is 0 Å². The Hall–Kier alpha value is -1.66. The number of rotatable bonds is 8. The monoisotopic (exact) mass is 336 g/mol. The molecule has 0 aromatic carbocycles. The number of nitrogens with zero attached hydrogens (tertiary/aromatic N) is 2. The number of aromatic nitrogens is 1. The zero-order valence-corrected chi connectivity index (χ0v) is 15.1. The van der Waals surface area contributed by atoms with Crippen LogP contribution < -0.4 is 4.74 Å². The molecule has 2 rings (SSSR count). The van der Waals surface area contributed by atoms with Gasteiger partial charge in [-0.3, -0.25) is 14.7 Å². The quantitative estimate of drug-likeness (QED) is 0.679. The van der Waals surface area contributed by atoms with Crippen LogP contribution in [0.15, 0.2) is 6.20 Å². The van der Waals surface area contributed by atoms with Gasteiger partial charge in [-0.1, -0.05) is 0 Å². The number of aryl methyl sites for hydroxylation is 1. The van der Waals surface area contributed by atoms with Gasteiger partial charge in [-0.05, 0) is 26.7 Å². The van der Waals surface area contributed by atoms with Gasteiger partial charge in [0.1, 0.15) is 5.75 Å². The minimum atomic E-state index is -0.196. The van der Waals surface area contributed by atoms with Crippen LogP contribution in [0, 0.1) is 13.8 Å². The molecule has 1 unspecified atom stereocenters. The van der Waals surface area contributed by atoms with Crippen LogP contribution in [0.2, 0.25) is 0 Å². The number of esters is 1.